The monoisotopic (exact) mass is 304 g/mol. The number of rotatable bonds is 4. The number of hydrogen-bond donors (Lipinski definition) is 1. The van der Waals surface area contributed by atoms with Gasteiger partial charge in [-0.25, -0.2) is 0 Å². The topological polar surface area (TPSA) is 48.0 Å². The smallest absolute Gasteiger partial charge is 0.250 e. The molecule has 0 unspecified atom stereocenters. The summed E-state index contributed by atoms with van der Waals surface area (Å²) in [5, 5.41) is 0. The van der Waals surface area contributed by atoms with Gasteiger partial charge in [0.1, 0.15) is 0 Å². The molecule has 0 saturated heterocycles. The average molecular weight is 304 g/mol. The van der Waals surface area contributed by atoms with E-state index >= 15 is 0 Å². The van der Waals surface area contributed by atoms with Gasteiger partial charge in [-0.1, -0.05) is 54.6 Å². The number of nitrogens with two attached hydrogens (primary N) is 1. The normalized spacial score (nSPS) is 10.7. The third-order valence-corrected chi connectivity index (χ3v) is 4.29. The molecule has 0 aliphatic rings. The van der Waals surface area contributed by atoms with Crippen molar-refractivity contribution < 1.29 is 4.79 Å². The van der Waals surface area contributed by atoms with Gasteiger partial charge in [0.25, 0.3) is 5.91 Å². The molecule has 3 nitrogen and oxygen atoms in total. The van der Waals surface area contributed by atoms with Gasteiger partial charge in [-0.3, -0.25) is 4.79 Å². The fourth-order valence-corrected chi connectivity index (χ4v) is 2.90. The maximum Gasteiger partial charge on any atom is 0.250 e. The number of benzene rings is 2. The molecule has 116 valence electrons. The Hall–Kier alpha value is -2.81. The maximum atomic E-state index is 11.7. The van der Waals surface area contributed by atoms with Crippen molar-refractivity contribution in [3.63, 3.8) is 0 Å². The molecule has 1 amide bonds. The second-order valence-corrected chi connectivity index (χ2v) is 5.77. The largest absolute Gasteiger partial charge is 0.366 e. The van der Waals surface area contributed by atoms with Crippen LogP contribution in [0.5, 0.6) is 0 Å². The molecule has 0 spiro atoms. The summed E-state index contributed by atoms with van der Waals surface area (Å²) in [5.41, 5.74) is 11.6. The highest BCUT2D eigenvalue weighted by molar-refractivity contribution is 5.95. The zero-order chi connectivity index (χ0) is 16.4. The van der Waals surface area contributed by atoms with Crippen molar-refractivity contribution in [2.45, 2.75) is 20.4 Å². The number of aryl methyl sites for hydroxylation is 1. The summed E-state index contributed by atoms with van der Waals surface area (Å²) in [7, 11) is 0. The zero-order valence-electron chi connectivity index (χ0n) is 13.4. The standard InChI is InChI=1S/C20H20N2O/c1-14-8-6-7-11-17(14)13-22-15(2)18(20(21)23)12-19(22)16-9-4-3-5-10-16/h3-12H,13H2,1-2H3,(H2,21,23). The van der Waals surface area contributed by atoms with Gasteiger partial charge >= 0.3 is 0 Å². The Morgan fingerprint density at radius 3 is 2.30 bits per heavy atom. The number of nitrogens with zero attached hydrogens (tertiary/aromatic N) is 1. The number of carbonyl (C=O) groups is 1. The Kier molecular flexibility index (Phi) is 4.02. The Labute approximate surface area is 136 Å². The van der Waals surface area contributed by atoms with E-state index in [9.17, 15) is 4.79 Å². The fraction of sp³-hybridized carbons (Fsp3) is 0.150. The predicted octanol–water partition coefficient (Wildman–Crippen LogP) is 3.92. The summed E-state index contributed by atoms with van der Waals surface area (Å²) in [5.74, 6) is -0.386. The number of aromatic nitrogens is 1. The van der Waals surface area contributed by atoms with E-state index in [2.05, 4.69) is 23.6 Å². The molecule has 0 fully saturated rings. The van der Waals surface area contributed by atoms with Crippen molar-refractivity contribution in [1.29, 1.82) is 0 Å². The highest BCUT2D eigenvalue weighted by Crippen LogP contribution is 2.27. The van der Waals surface area contributed by atoms with E-state index in [1.54, 1.807) is 0 Å². The molecule has 0 saturated carbocycles. The zero-order valence-corrected chi connectivity index (χ0v) is 13.4. The second kappa shape index (κ2) is 6.13. The van der Waals surface area contributed by atoms with Crippen LogP contribution in [-0.4, -0.2) is 10.5 Å². The Morgan fingerprint density at radius 1 is 1.00 bits per heavy atom. The molecule has 3 aromatic rings. The van der Waals surface area contributed by atoms with E-state index in [1.807, 2.05) is 55.5 Å². The molecule has 3 heteroatoms. The average Bonchev–Trinajstić information content (AvgIpc) is 2.88. The lowest BCUT2D eigenvalue weighted by Crippen LogP contribution is -2.13. The lowest BCUT2D eigenvalue weighted by molar-refractivity contribution is 0.0999. The highest BCUT2D eigenvalue weighted by atomic mass is 16.1. The number of amides is 1. The molecule has 1 aromatic heterocycles. The van der Waals surface area contributed by atoms with E-state index in [-0.39, 0.29) is 5.91 Å². The minimum atomic E-state index is -0.386. The first-order valence-corrected chi connectivity index (χ1v) is 7.68. The number of carbonyl (C=O) groups excluding carboxylic acids is 1. The molecule has 0 bridgehead atoms. The predicted molar refractivity (Wildman–Crippen MR) is 93.4 cm³/mol. The van der Waals surface area contributed by atoms with Crippen LogP contribution < -0.4 is 5.73 Å². The molecule has 1 heterocycles. The molecule has 3 rings (SSSR count). The van der Waals surface area contributed by atoms with Crippen molar-refractivity contribution in [1.82, 2.24) is 4.57 Å². The van der Waals surface area contributed by atoms with Crippen LogP contribution in [0.3, 0.4) is 0 Å². The van der Waals surface area contributed by atoms with Gasteiger partial charge in [-0.05, 0) is 36.6 Å². The quantitative estimate of drug-likeness (QED) is 0.780. The van der Waals surface area contributed by atoms with Gasteiger partial charge in [0.05, 0.1) is 5.56 Å². The van der Waals surface area contributed by atoms with E-state index in [0.29, 0.717) is 5.56 Å². The molecule has 0 aliphatic carbocycles. The van der Waals surface area contributed by atoms with E-state index in [4.69, 9.17) is 5.73 Å². The van der Waals surface area contributed by atoms with Gasteiger partial charge in [-0.2, -0.15) is 0 Å². The van der Waals surface area contributed by atoms with Crippen LogP contribution in [0.15, 0.2) is 60.7 Å². The van der Waals surface area contributed by atoms with Crippen molar-refractivity contribution in [3.05, 3.63) is 83.0 Å². The first kappa shape index (κ1) is 15.1. The first-order chi connectivity index (χ1) is 11.1. The van der Waals surface area contributed by atoms with Gasteiger partial charge in [0.15, 0.2) is 0 Å². The van der Waals surface area contributed by atoms with Crippen LogP contribution in [0.1, 0.15) is 27.2 Å². The van der Waals surface area contributed by atoms with Crippen LogP contribution in [0, 0.1) is 13.8 Å². The third kappa shape index (κ3) is 2.90. The third-order valence-electron chi connectivity index (χ3n) is 4.29. The molecule has 2 aromatic carbocycles. The van der Waals surface area contributed by atoms with Crippen LogP contribution in [0.25, 0.3) is 11.3 Å². The molecule has 2 N–H and O–H groups in total. The second-order valence-electron chi connectivity index (χ2n) is 5.77. The highest BCUT2D eigenvalue weighted by Gasteiger charge is 2.17. The minimum absolute atomic E-state index is 0.386. The lowest BCUT2D eigenvalue weighted by Gasteiger charge is -2.14. The summed E-state index contributed by atoms with van der Waals surface area (Å²) in [6.07, 6.45) is 0. The Balaban J connectivity index is 2.14. The summed E-state index contributed by atoms with van der Waals surface area (Å²) >= 11 is 0. The van der Waals surface area contributed by atoms with E-state index < -0.39 is 0 Å². The molecule has 23 heavy (non-hydrogen) atoms. The molecule has 0 atom stereocenters. The number of primary amides is 1. The summed E-state index contributed by atoms with van der Waals surface area (Å²) in [4.78, 5) is 11.7. The van der Waals surface area contributed by atoms with Crippen molar-refractivity contribution in [2.24, 2.45) is 5.73 Å². The van der Waals surface area contributed by atoms with Gasteiger partial charge in [0.2, 0.25) is 0 Å². The lowest BCUT2D eigenvalue weighted by atomic mass is 10.1. The number of hydrogen-bond acceptors (Lipinski definition) is 1. The molecule has 0 aliphatic heterocycles. The molecular formula is C20H20N2O. The van der Waals surface area contributed by atoms with Crippen LogP contribution in [0.2, 0.25) is 0 Å². The fourth-order valence-electron chi connectivity index (χ4n) is 2.90. The summed E-state index contributed by atoms with van der Waals surface area (Å²) in [6.45, 7) is 4.77. The van der Waals surface area contributed by atoms with Crippen molar-refractivity contribution in [3.8, 4) is 11.3 Å². The van der Waals surface area contributed by atoms with Gasteiger partial charge < -0.3 is 10.3 Å². The van der Waals surface area contributed by atoms with Crippen molar-refractivity contribution in [2.75, 3.05) is 0 Å². The van der Waals surface area contributed by atoms with Crippen LogP contribution in [0.4, 0.5) is 0 Å². The summed E-state index contributed by atoms with van der Waals surface area (Å²) < 4.78 is 2.16. The first-order valence-electron chi connectivity index (χ1n) is 7.68. The van der Waals surface area contributed by atoms with Gasteiger partial charge in [-0.15, -0.1) is 0 Å². The van der Waals surface area contributed by atoms with E-state index in [1.165, 1.54) is 11.1 Å². The summed E-state index contributed by atoms with van der Waals surface area (Å²) in [6, 6.07) is 20.3. The van der Waals surface area contributed by atoms with Crippen LogP contribution >= 0.6 is 0 Å². The molecular weight excluding hydrogens is 284 g/mol. The van der Waals surface area contributed by atoms with Gasteiger partial charge in [0, 0.05) is 17.9 Å². The van der Waals surface area contributed by atoms with Crippen molar-refractivity contribution >= 4 is 5.91 Å². The Bertz CT molecular complexity index is 847. The van der Waals surface area contributed by atoms with E-state index in [0.717, 1.165) is 23.5 Å². The van der Waals surface area contributed by atoms with Crippen LogP contribution in [-0.2, 0) is 6.54 Å². The molecule has 0 radical (unpaired) electrons. The SMILES string of the molecule is Cc1ccccc1Cn1c(-c2ccccc2)cc(C(N)=O)c1C. The maximum absolute atomic E-state index is 11.7. The Morgan fingerprint density at radius 2 is 1.65 bits per heavy atom. The minimum Gasteiger partial charge on any atom is -0.366 e.